The lowest BCUT2D eigenvalue weighted by atomic mass is 10.1. The minimum Gasteiger partial charge on any atom is -0.350 e. The number of sulfone groups is 1. The maximum absolute atomic E-state index is 15.7. The van der Waals surface area contributed by atoms with E-state index in [1.807, 2.05) is 0 Å². The van der Waals surface area contributed by atoms with Crippen molar-refractivity contribution in [3.63, 3.8) is 0 Å². The maximum atomic E-state index is 15.7. The van der Waals surface area contributed by atoms with Crippen LogP contribution >= 0.6 is 0 Å². The van der Waals surface area contributed by atoms with Gasteiger partial charge in [0.15, 0.2) is 21.3 Å². The zero-order chi connectivity index (χ0) is 30.5. The van der Waals surface area contributed by atoms with Gasteiger partial charge in [0.1, 0.15) is 23.1 Å². The highest BCUT2D eigenvalue weighted by Gasteiger charge is 2.31. The molecule has 1 aliphatic heterocycles. The van der Waals surface area contributed by atoms with Crippen molar-refractivity contribution in [3.05, 3.63) is 88.6 Å². The molecule has 1 fully saturated rings. The van der Waals surface area contributed by atoms with Crippen molar-refractivity contribution in [1.29, 1.82) is 0 Å². The molecular weight excluding hydrogens is 571 g/mol. The number of para-hydroxylation sites is 1. The topological polar surface area (TPSA) is 105 Å². The summed E-state index contributed by atoms with van der Waals surface area (Å²) in [5.74, 6) is -3.47. The molecule has 1 aliphatic rings. The zero-order valence-electron chi connectivity index (χ0n) is 22.9. The van der Waals surface area contributed by atoms with E-state index in [2.05, 4.69) is 16.5 Å². The largest absolute Gasteiger partial charge is 0.355 e. The Labute approximate surface area is 239 Å². The van der Waals surface area contributed by atoms with Crippen molar-refractivity contribution in [2.24, 2.45) is 0 Å². The lowest BCUT2D eigenvalue weighted by Crippen LogP contribution is -2.54. The molecule has 5 rings (SSSR count). The van der Waals surface area contributed by atoms with E-state index < -0.39 is 44.2 Å². The summed E-state index contributed by atoms with van der Waals surface area (Å²) in [6, 6.07) is 8.00. The second-order valence-corrected chi connectivity index (χ2v) is 12.0. The minimum absolute atomic E-state index is 0.00523. The lowest BCUT2D eigenvalue weighted by molar-refractivity contribution is -0.126. The normalized spacial score (nSPS) is 15.7. The second kappa shape index (κ2) is 10.7. The van der Waals surface area contributed by atoms with Crippen molar-refractivity contribution in [2.45, 2.75) is 24.8 Å². The molecule has 1 saturated heterocycles. The minimum atomic E-state index is -3.89. The van der Waals surface area contributed by atoms with Gasteiger partial charge in [0.05, 0.1) is 21.5 Å². The van der Waals surface area contributed by atoms with Crippen LogP contribution in [0.25, 0.3) is 28.0 Å². The molecule has 0 radical (unpaired) electrons. The quantitative estimate of drug-likeness (QED) is 0.322. The molecule has 1 atom stereocenters. The van der Waals surface area contributed by atoms with Crippen LogP contribution in [0.3, 0.4) is 0 Å². The van der Waals surface area contributed by atoms with Crippen LogP contribution in [0.1, 0.15) is 12.5 Å². The number of fused-ring (bicyclic) bond motifs is 1. The van der Waals surface area contributed by atoms with Crippen LogP contribution in [-0.2, 0) is 14.6 Å². The number of pyridine rings is 1. The van der Waals surface area contributed by atoms with Gasteiger partial charge in [-0.2, -0.15) is 4.98 Å². The van der Waals surface area contributed by atoms with E-state index in [0.29, 0.717) is 5.56 Å². The summed E-state index contributed by atoms with van der Waals surface area (Å²) < 4.78 is 71.8. The molecular formula is C29H26F3N5O4S. The van der Waals surface area contributed by atoms with Crippen LogP contribution in [0.4, 0.5) is 19.0 Å². The summed E-state index contributed by atoms with van der Waals surface area (Å²) in [6.07, 6.45) is 2.17. The number of carbonyl (C=O) groups is 1. The lowest BCUT2D eigenvalue weighted by Gasteiger charge is -2.40. The Morgan fingerprint density at radius 1 is 1.05 bits per heavy atom. The number of hydrogen-bond acceptors (Lipinski definition) is 7. The van der Waals surface area contributed by atoms with E-state index in [0.717, 1.165) is 35.1 Å². The molecule has 0 aliphatic carbocycles. The maximum Gasteiger partial charge on any atom is 0.355 e. The van der Waals surface area contributed by atoms with Gasteiger partial charge in [0.25, 0.3) is 0 Å². The number of nitrogens with zero attached hydrogens (tertiary/aromatic N) is 5. The molecule has 42 heavy (non-hydrogen) atoms. The van der Waals surface area contributed by atoms with Crippen LogP contribution < -0.4 is 10.6 Å². The molecule has 13 heteroatoms. The molecule has 3 heterocycles. The van der Waals surface area contributed by atoms with Crippen molar-refractivity contribution >= 4 is 32.6 Å². The standard InChI is InChI=1S/C29H26F3N5O4S/c1-5-23(38)35-12-13-36(17(3)15-35)27-18-14-21(32)25(24-19(30)9-7-10-20(24)31)33-28(18)37(29(39)34-27)26-16(2)8-6-11-22(26)42(4,40)41/h5-11,14,17H,1,12-13,15H2,2-4H3/t17-/m0/s1. The molecule has 218 valence electrons. The molecule has 0 saturated carbocycles. The number of benzene rings is 2. The van der Waals surface area contributed by atoms with Crippen molar-refractivity contribution < 1.29 is 26.4 Å². The number of halogens is 3. The van der Waals surface area contributed by atoms with Crippen LogP contribution in [-0.4, -0.2) is 65.7 Å². The van der Waals surface area contributed by atoms with E-state index in [4.69, 9.17) is 0 Å². The number of anilines is 1. The van der Waals surface area contributed by atoms with Crippen molar-refractivity contribution in [1.82, 2.24) is 19.4 Å². The van der Waals surface area contributed by atoms with Gasteiger partial charge in [-0.15, -0.1) is 0 Å². The summed E-state index contributed by atoms with van der Waals surface area (Å²) in [5, 5.41) is 0.00523. The highest BCUT2D eigenvalue weighted by molar-refractivity contribution is 7.90. The predicted octanol–water partition coefficient (Wildman–Crippen LogP) is 3.80. The van der Waals surface area contributed by atoms with Gasteiger partial charge in [-0.3, -0.25) is 4.79 Å². The Bertz CT molecular complexity index is 1920. The number of hydrogen-bond donors (Lipinski definition) is 0. The molecule has 1 amide bonds. The SMILES string of the molecule is C=CC(=O)N1CCN(c2nc(=O)n(-c3c(C)cccc3S(C)(=O)=O)c3nc(-c4c(F)cccc4F)c(F)cc23)[C@@H](C)C1. The Morgan fingerprint density at radius 2 is 1.71 bits per heavy atom. The summed E-state index contributed by atoms with van der Waals surface area (Å²) in [6.45, 7) is 7.60. The highest BCUT2D eigenvalue weighted by Crippen LogP contribution is 2.34. The fourth-order valence-corrected chi connectivity index (χ4v) is 6.17. The highest BCUT2D eigenvalue weighted by atomic mass is 32.2. The Hall–Kier alpha value is -4.52. The predicted molar refractivity (Wildman–Crippen MR) is 152 cm³/mol. The molecule has 2 aromatic carbocycles. The van der Waals surface area contributed by atoms with Gasteiger partial charge in [-0.25, -0.2) is 35.9 Å². The monoisotopic (exact) mass is 597 g/mol. The molecule has 4 aromatic rings. The van der Waals surface area contributed by atoms with Gasteiger partial charge >= 0.3 is 5.69 Å². The van der Waals surface area contributed by atoms with Crippen LogP contribution in [0.5, 0.6) is 0 Å². The van der Waals surface area contributed by atoms with Gasteiger partial charge in [0, 0.05) is 31.9 Å². The number of rotatable bonds is 5. The first-order valence-electron chi connectivity index (χ1n) is 12.9. The van der Waals surface area contributed by atoms with Gasteiger partial charge in [0.2, 0.25) is 5.91 Å². The third-order valence-corrected chi connectivity index (χ3v) is 8.34. The van der Waals surface area contributed by atoms with Gasteiger partial charge < -0.3 is 9.80 Å². The number of aryl methyl sites for hydroxylation is 1. The Balaban J connectivity index is 1.86. The molecule has 0 N–H and O–H groups in total. The second-order valence-electron chi connectivity index (χ2n) is 10.1. The van der Waals surface area contributed by atoms with E-state index in [1.165, 1.54) is 18.2 Å². The number of aromatic nitrogens is 3. The molecule has 0 bridgehead atoms. The van der Waals surface area contributed by atoms with Gasteiger partial charge in [-0.1, -0.05) is 24.8 Å². The number of carbonyl (C=O) groups excluding carboxylic acids is 1. The number of amides is 1. The fourth-order valence-electron chi connectivity index (χ4n) is 5.24. The Morgan fingerprint density at radius 3 is 2.33 bits per heavy atom. The fraction of sp³-hybridized carbons (Fsp3) is 0.241. The number of piperazine rings is 1. The van der Waals surface area contributed by atoms with Crippen LogP contribution in [0.15, 0.2) is 64.8 Å². The summed E-state index contributed by atoms with van der Waals surface area (Å²) in [5.41, 5.74) is -2.33. The molecule has 2 aromatic heterocycles. The van der Waals surface area contributed by atoms with Crippen LogP contribution in [0, 0.1) is 24.4 Å². The van der Waals surface area contributed by atoms with E-state index in [1.54, 1.807) is 29.7 Å². The zero-order valence-corrected chi connectivity index (χ0v) is 23.8. The summed E-state index contributed by atoms with van der Waals surface area (Å²) in [4.78, 5) is 37.6. The van der Waals surface area contributed by atoms with E-state index in [9.17, 15) is 26.8 Å². The van der Waals surface area contributed by atoms with E-state index in [-0.39, 0.29) is 59.0 Å². The average molecular weight is 598 g/mol. The molecule has 9 nitrogen and oxygen atoms in total. The first kappa shape index (κ1) is 29.0. The summed E-state index contributed by atoms with van der Waals surface area (Å²) >= 11 is 0. The first-order chi connectivity index (χ1) is 19.8. The first-order valence-corrected chi connectivity index (χ1v) is 14.8. The van der Waals surface area contributed by atoms with Crippen molar-refractivity contribution in [3.8, 4) is 16.9 Å². The Kier molecular flexibility index (Phi) is 7.39. The molecule has 0 unspecified atom stereocenters. The third-order valence-electron chi connectivity index (χ3n) is 7.21. The summed E-state index contributed by atoms with van der Waals surface area (Å²) in [7, 11) is -3.89. The van der Waals surface area contributed by atoms with Crippen molar-refractivity contribution in [2.75, 3.05) is 30.8 Å². The third kappa shape index (κ3) is 4.93. The molecule has 0 spiro atoms. The average Bonchev–Trinajstić information content (AvgIpc) is 2.92. The van der Waals surface area contributed by atoms with Crippen LogP contribution in [0.2, 0.25) is 0 Å². The van der Waals surface area contributed by atoms with Gasteiger partial charge in [-0.05, 0) is 49.8 Å². The van der Waals surface area contributed by atoms with E-state index >= 15 is 4.39 Å². The smallest absolute Gasteiger partial charge is 0.350 e.